The van der Waals surface area contributed by atoms with E-state index in [1.165, 1.54) is 17.0 Å². The molecule has 0 saturated heterocycles. The van der Waals surface area contributed by atoms with Gasteiger partial charge in [-0.05, 0) is 62.6 Å². The zero-order chi connectivity index (χ0) is 31.7. The van der Waals surface area contributed by atoms with Gasteiger partial charge in [-0.2, -0.15) is 0 Å². The number of sulfonamides is 1. The van der Waals surface area contributed by atoms with Crippen molar-refractivity contribution >= 4 is 50.7 Å². The quantitative estimate of drug-likeness (QED) is 0.216. The minimum atomic E-state index is -4.25. The molecule has 1 N–H and O–H groups in total. The lowest BCUT2D eigenvalue weighted by molar-refractivity contribution is -0.140. The molecule has 11 heteroatoms. The fourth-order valence-corrected chi connectivity index (χ4v) is 6.43. The van der Waals surface area contributed by atoms with Crippen LogP contribution in [0.1, 0.15) is 45.2 Å². The molecule has 0 spiro atoms. The van der Waals surface area contributed by atoms with E-state index in [1.54, 1.807) is 68.4 Å². The molecule has 0 aliphatic heterocycles. The lowest BCUT2D eigenvalue weighted by Gasteiger charge is -2.34. The number of amides is 2. The maximum atomic E-state index is 14.3. The highest BCUT2D eigenvalue weighted by Crippen LogP contribution is 2.33. The Bertz CT molecular complexity index is 1490. The van der Waals surface area contributed by atoms with E-state index in [-0.39, 0.29) is 42.0 Å². The Morgan fingerprint density at radius 1 is 0.930 bits per heavy atom. The van der Waals surface area contributed by atoms with Gasteiger partial charge in [0.25, 0.3) is 10.0 Å². The number of anilines is 1. The second-order valence-corrected chi connectivity index (χ2v) is 13.2. The van der Waals surface area contributed by atoms with Crippen molar-refractivity contribution in [2.24, 2.45) is 5.92 Å². The summed E-state index contributed by atoms with van der Waals surface area (Å²) in [7, 11) is -4.25. The Hall–Kier alpha value is -3.27. The Balaban J connectivity index is 2.14. The minimum Gasteiger partial charge on any atom is -0.492 e. The molecule has 0 saturated carbocycles. The van der Waals surface area contributed by atoms with Crippen LogP contribution in [-0.4, -0.2) is 50.9 Å². The third-order valence-corrected chi connectivity index (χ3v) is 9.26. The van der Waals surface area contributed by atoms with Crippen molar-refractivity contribution in [1.82, 2.24) is 10.2 Å². The fourth-order valence-electron chi connectivity index (χ4n) is 4.49. The molecular formula is C32H39Cl2N3O5S. The van der Waals surface area contributed by atoms with E-state index in [1.807, 2.05) is 20.8 Å². The van der Waals surface area contributed by atoms with Crippen molar-refractivity contribution in [2.45, 2.75) is 58.5 Å². The van der Waals surface area contributed by atoms with E-state index in [9.17, 15) is 18.0 Å². The first-order valence-corrected chi connectivity index (χ1v) is 16.4. The van der Waals surface area contributed by atoms with Crippen LogP contribution in [0.5, 0.6) is 5.75 Å². The molecule has 1 atom stereocenters. The number of carbonyl (C=O) groups excluding carboxylic acids is 2. The third-order valence-electron chi connectivity index (χ3n) is 6.78. The van der Waals surface area contributed by atoms with Crippen LogP contribution >= 0.6 is 23.2 Å². The molecule has 8 nitrogen and oxygen atoms in total. The van der Waals surface area contributed by atoms with Crippen LogP contribution < -0.4 is 14.4 Å². The molecule has 43 heavy (non-hydrogen) atoms. The lowest BCUT2D eigenvalue weighted by Crippen LogP contribution is -2.52. The van der Waals surface area contributed by atoms with Gasteiger partial charge in [0.1, 0.15) is 18.3 Å². The Morgan fingerprint density at radius 2 is 1.56 bits per heavy atom. The van der Waals surface area contributed by atoms with Gasteiger partial charge < -0.3 is 15.0 Å². The van der Waals surface area contributed by atoms with Crippen molar-refractivity contribution < 1.29 is 22.7 Å². The second-order valence-electron chi connectivity index (χ2n) is 10.5. The van der Waals surface area contributed by atoms with Gasteiger partial charge in [0.2, 0.25) is 11.8 Å². The van der Waals surface area contributed by atoms with Crippen molar-refractivity contribution in [3.8, 4) is 5.75 Å². The van der Waals surface area contributed by atoms with Crippen LogP contribution in [0.2, 0.25) is 10.0 Å². The molecule has 0 unspecified atom stereocenters. The molecular weight excluding hydrogens is 609 g/mol. The normalized spacial score (nSPS) is 12.1. The number of rotatable bonds is 14. The van der Waals surface area contributed by atoms with E-state index in [4.69, 9.17) is 27.9 Å². The summed E-state index contributed by atoms with van der Waals surface area (Å²) in [5, 5.41) is 3.56. The van der Waals surface area contributed by atoms with Gasteiger partial charge in [-0.1, -0.05) is 79.9 Å². The second kappa shape index (κ2) is 15.5. The summed E-state index contributed by atoms with van der Waals surface area (Å²) in [6.45, 7) is 9.38. The predicted octanol–water partition coefficient (Wildman–Crippen LogP) is 6.48. The van der Waals surface area contributed by atoms with E-state index in [0.717, 1.165) is 9.87 Å². The number of nitrogens with zero attached hydrogens (tertiary/aromatic N) is 2. The van der Waals surface area contributed by atoms with Crippen LogP contribution in [0, 0.1) is 12.8 Å². The summed E-state index contributed by atoms with van der Waals surface area (Å²) in [6, 6.07) is 17.1. The molecule has 0 aliphatic carbocycles. The monoisotopic (exact) mass is 647 g/mol. The Labute approximate surface area is 265 Å². The summed E-state index contributed by atoms with van der Waals surface area (Å²) in [6.07, 6.45) is 0.276. The lowest BCUT2D eigenvalue weighted by atomic mass is 10.1. The number of hydrogen-bond donors (Lipinski definition) is 1. The Morgan fingerprint density at radius 3 is 2.14 bits per heavy atom. The third kappa shape index (κ3) is 8.65. The largest absolute Gasteiger partial charge is 0.492 e. The SMILES string of the molecule is CCOc1ccccc1N(CC(=O)N(Cc1c(Cl)cccc1Cl)[C@@H](CC)C(=O)NCC(C)C)S(=O)(=O)c1ccc(C)cc1. The molecule has 232 valence electrons. The van der Waals surface area contributed by atoms with Gasteiger partial charge in [0, 0.05) is 28.7 Å². The molecule has 2 amide bonds. The van der Waals surface area contributed by atoms with E-state index in [2.05, 4.69) is 5.32 Å². The number of nitrogens with one attached hydrogen (secondary N) is 1. The summed E-state index contributed by atoms with van der Waals surface area (Å²) < 4.78 is 35.1. The van der Waals surface area contributed by atoms with Crippen LogP contribution in [0.15, 0.2) is 71.6 Å². The summed E-state index contributed by atoms with van der Waals surface area (Å²) >= 11 is 13.0. The number of halogens is 2. The van der Waals surface area contributed by atoms with E-state index < -0.39 is 28.5 Å². The maximum absolute atomic E-state index is 14.3. The Kier molecular flexibility index (Phi) is 12.3. The van der Waals surface area contributed by atoms with Gasteiger partial charge >= 0.3 is 0 Å². The number of carbonyl (C=O) groups is 2. The standard InChI is InChI=1S/C32H39Cl2N3O5S/c1-6-28(32(39)35-19-22(3)4)36(20-25-26(33)11-10-12-27(25)34)31(38)21-37(29-13-8-9-14-30(29)42-7-2)43(40,41)24-17-15-23(5)16-18-24/h8-18,22,28H,6-7,19-21H2,1-5H3,(H,35,39)/t28-/m0/s1. The highest BCUT2D eigenvalue weighted by Gasteiger charge is 2.35. The van der Waals surface area contributed by atoms with E-state index >= 15 is 0 Å². The molecule has 3 aromatic carbocycles. The first kappa shape index (κ1) is 34.2. The molecule has 3 aromatic rings. The zero-order valence-electron chi connectivity index (χ0n) is 25.1. The first-order chi connectivity index (χ1) is 20.4. The van der Waals surface area contributed by atoms with Crippen molar-refractivity contribution in [3.05, 3.63) is 87.9 Å². The van der Waals surface area contributed by atoms with Gasteiger partial charge in [0.05, 0.1) is 17.2 Å². The average molecular weight is 649 g/mol. The van der Waals surface area contributed by atoms with Crippen LogP contribution in [0.3, 0.4) is 0 Å². The van der Waals surface area contributed by atoms with Crippen molar-refractivity contribution in [1.29, 1.82) is 0 Å². The highest BCUT2D eigenvalue weighted by molar-refractivity contribution is 7.92. The minimum absolute atomic E-state index is 0.0135. The van der Waals surface area contributed by atoms with Crippen LogP contribution in [0.25, 0.3) is 0 Å². The summed E-state index contributed by atoms with van der Waals surface area (Å²) in [5.74, 6) is -0.468. The van der Waals surface area contributed by atoms with Gasteiger partial charge in [-0.25, -0.2) is 8.42 Å². The van der Waals surface area contributed by atoms with Crippen molar-refractivity contribution in [3.63, 3.8) is 0 Å². The smallest absolute Gasteiger partial charge is 0.264 e. The first-order valence-electron chi connectivity index (χ1n) is 14.2. The number of aryl methyl sites for hydroxylation is 1. The zero-order valence-corrected chi connectivity index (χ0v) is 27.5. The van der Waals surface area contributed by atoms with Crippen LogP contribution in [0.4, 0.5) is 5.69 Å². The topological polar surface area (TPSA) is 96.0 Å². The molecule has 0 fully saturated rings. The molecule has 0 aromatic heterocycles. The fraction of sp³-hybridized carbons (Fsp3) is 0.375. The average Bonchev–Trinajstić information content (AvgIpc) is 2.96. The van der Waals surface area contributed by atoms with Crippen molar-refractivity contribution in [2.75, 3.05) is 24.0 Å². The highest BCUT2D eigenvalue weighted by atomic mass is 35.5. The van der Waals surface area contributed by atoms with Gasteiger partial charge in [-0.15, -0.1) is 0 Å². The van der Waals surface area contributed by atoms with Crippen LogP contribution in [-0.2, 0) is 26.2 Å². The number of ether oxygens (including phenoxy) is 1. The maximum Gasteiger partial charge on any atom is 0.264 e. The number of benzene rings is 3. The molecule has 0 aliphatic rings. The molecule has 0 bridgehead atoms. The molecule has 3 rings (SSSR count). The number of para-hydroxylation sites is 2. The summed E-state index contributed by atoms with van der Waals surface area (Å²) in [4.78, 5) is 29.1. The van der Waals surface area contributed by atoms with Gasteiger partial charge in [-0.3, -0.25) is 13.9 Å². The van der Waals surface area contributed by atoms with E-state index in [0.29, 0.717) is 27.9 Å². The molecule has 0 heterocycles. The summed E-state index contributed by atoms with van der Waals surface area (Å²) in [5.41, 5.74) is 1.54. The number of hydrogen-bond acceptors (Lipinski definition) is 5. The predicted molar refractivity (Wildman–Crippen MR) is 172 cm³/mol. The van der Waals surface area contributed by atoms with Gasteiger partial charge in [0.15, 0.2) is 0 Å². The molecule has 0 radical (unpaired) electrons.